The highest BCUT2D eigenvalue weighted by Gasteiger charge is 2.44. The van der Waals surface area contributed by atoms with E-state index in [2.05, 4.69) is 15.9 Å². The number of carbonyl (C=O) groups excluding carboxylic acids is 3. The highest BCUT2D eigenvalue weighted by Crippen LogP contribution is 2.39. The first kappa shape index (κ1) is 28.8. The standard InChI is InChI=1S/C34H29BrN2O5/c1-21-13-15-24(16-14-21)20-42-31-27(35)18-25(19-30(31)41-4)17-26-32(38)36(28-11-7-5-9-22(28)2)34(40)37(33(26)39)29-12-8-6-10-23(29)3/h5-19H,20H2,1-4H3. The second kappa shape index (κ2) is 12.0. The zero-order valence-electron chi connectivity index (χ0n) is 23.7. The van der Waals surface area contributed by atoms with Gasteiger partial charge in [0.1, 0.15) is 12.2 Å². The molecule has 4 aromatic carbocycles. The third-order valence-corrected chi connectivity index (χ3v) is 7.62. The van der Waals surface area contributed by atoms with Crippen molar-refractivity contribution in [1.29, 1.82) is 0 Å². The summed E-state index contributed by atoms with van der Waals surface area (Å²) in [6.07, 6.45) is 1.48. The van der Waals surface area contributed by atoms with E-state index in [9.17, 15) is 14.4 Å². The number of hydrogen-bond donors (Lipinski definition) is 0. The van der Waals surface area contributed by atoms with E-state index in [4.69, 9.17) is 9.47 Å². The molecule has 0 bridgehead atoms. The van der Waals surface area contributed by atoms with E-state index in [-0.39, 0.29) is 5.57 Å². The number of anilines is 2. The van der Waals surface area contributed by atoms with Crippen LogP contribution >= 0.6 is 15.9 Å². The molecule has 0 unspecified atom stereocenters. The second-order valence-corrected chi connectivity index (χ2v) is 10.9. The van der Waals surface area contributed by atoms with Gasteiger partial charge in [-0.2, -0.15) is 0 Å². The average molecular weight is 626 g/mol. The zero-order valence-corrected chi connectivity index (χ0v) is 25.3. The smallest absolute Gasteiger partial charge is 0.343 e. The van der Waals surface area contributed by atoms with Crippen LogP contribution < -0.4 is 19.3 Å². The van der Waals surface area contributed by atoms with Crippen LogP contribution in [0.2, 0.25) is 0 Å². The fourth-order valence-electron chi connectivity index (χ4n) is 4.75. The van der Waals surface area contributed by atoms with Gasteiger partial charge < -0.3 is 9.47 Å². The summed E-state index contributed by atoms with van der Waals surface area (Å²) in [6, 6.07) is 24.9. The van der Waals surface area contributed by atoms with E-state index in [1.807, 2.05) is 69.3 Å². The number of nitrogens with zero attached hydrogens (tertiary/aromatic N) is 2. The van der Waals surface area contributed by atoms with Crippen LogP contribution in [0.5, 0.6) is 11.5 Å². The molecular formula is C34H29BrN2O5. The molecule has 8 heteroatoms. The molecule has 0 aromatic heterocycles. The lowest BCUT2D eigenvalue weighted by atomic mass is 10.0. The number of imide groups is 2. The Bertz CT molecular complexity index is 1660. The Labute approximate surface area is 253 Å². The predicted molar refractivity (Wildman–Crippen MR) is 167 cm³/mol. The molecule has 0 N–H and O–H groups in total. The summed E-state index contributed by atoms with van der Waals surface area (Å²) in [6.45, 7) is 5.97. The van der Waals surface area contributed by atoms with E-state index in [0.29, 0.717) is 39.5 Å². The molecule has 4 amide bonds. The Morgan fingerprint density at radius 2 is 1.31 bits per heavy atom. The lowest BCUT2D eigenvalue weighted by Gasteiger charge is -2.35. The topological polar surface area (TPSA) is 76.2 Å². The molecule has 1 heterocycles. The lowest BCUT2D eigenvalue weighted by molar-refractivity contribution is -0.121. The van der Waals surface area contributed by atoms with Gasteiger partial charge in [0, 0.05) is 0 Å². The Balaban J connectivity index is 1.57. The Hall–Kier alpha value is -4.69. The molecule has 0 aliphatic carbocycles. The maximum Gasteiger partial charge on any atom is 0.343 e. The third-order valence-electron chi connectivity index (χ3n) is 7.03. The van der Waals surface area contributed by atoms with E-state index < -0.39 is 17.8 Å². The Kier molecular flexibility index (Phi) is 8.27. The van der Waals surface area contributed by atoms with E-state index >= 15 is 0 Å². The van der Waals surface area contributed by atoms with Crippen molar-refractivity contribution in [2.75, 3.05) is 16.9 Å². The average Bonchev–Trinajstić information content (AvgIpc) is 2.97. The number of halogens is 1. The molecule has 0 radical (unpaired) electrons. The molecule has 1 aliphatic heterocycles. The molecule has 4 aromatic rings. The van der Waals surface area contributed by atoms with Crippen molar-refractivity contribution in [1.82, 2.24) is 0 Å². The van der Waals surface area contributed by atoms with Crippen molar-refractivity contribution < 1.29 is 23.9 Å². The minimum absolute atomic E-state index is 0.164. The van der Waals surface area contributed by atoms with Crippen LogP contribution in [-0.2, 0) is 16.2 Å². The van der Waals surface area contributed by atoms with Crippen LogP contribution in [0.4, 0.5) is 16.2 Å². The maximum atomic E-state index is 13.9. The van der Waals surface area contributed by atoms with Crippen molar-refractivity contribution in [3.05, 3.63) is 123 Å². The quantitative estimate of drug-likeness (QED) is 0.157. The van der Waals surface area contributed by atoms with E-state index in [1.165, 1.54) is 13.2 Å². The van der Waals surface area contributed by atoms with Crippen LogP contribution in [0, 0.1) is 20.8 Å². The zero-order chi connectivity index (χ0) is 30.0. The first-order valence-electron chi connectivity index (χ1n) is 13.3. The first-order valence-corrected chi connectivity index (χ1v) is 14.1. The number of urea groups is 1. The normalized spacial score (nSPS) is 13.5. The van der Waals surface area contributed by atoms with Crippen LogP contribution in [0.1, 0.15) is 27.8 Å². The number of benzene rings is 4. The Morgan fingerprint density at radius 1 is 0.762 bits per heavy atom. The van der Waals surface area contributed by atoms with E-state index in [0.717, 1.165) is 32.1 Å². The summed E-state index contributed by atoms with van der Waals surface area (Å²) in [5.74, 6) is -0.515. The number of carbonyl (C=O) groups is 3. The maximum absolute atomic E-state index is 13.9. The summed E-state index contributed by atoms with van der Waals surface area (Å²) < 4.78 is 12.3. The molecule has 7 nitrogen and oxygen atoms in total. The van der Waals surface area contributed by atoms with Gasteiger partial charge in [-0.25, -0.2) is 14.6 Å². The summed E-state index contributed by atoms with van der Waals surface area (Å²) in [5.41, 5.74) is 4.76. The fourth-order valence-corrected chi connectivity index (χ4v) is 5.33. The van der Waals surface area contributed by atoms with Crippen molar-refractivity contribution in [3.8, 4) is 11.5 Å². The van der Waals surface area contributed by atoms with Gasteiger partial charge in [0.15, 0.2) is 11.5 Å². The third kappa shape index (κ3) is 5.58. The molecule has 0 atom stereocenters. The van der Waals surface area contributed by atoms with Crippen molar-refractivity contribution >= 4 is 51.2 Å². The van der Waals surface area contributed by atoms with Gasteiger partial charge in [-0.3, -0.25) is 9.59 Å². The summed E-state index contributed by atoms with van der Waals surface area (Å²) >= 11 is 3.57. The number of methoxy groups -OCH3 is 1. The highest BCUT2D eigenvalue weighted by molar-refractivity contribution is 9.10. The highest BCUT2D eigenvalue weighted by atomic mass is 79.9. The molecule has 0 spiro atoms. The number of rotatable bonds is 7. The minimum Gasteiger partial charge on any atom is -0.493 e. The van der Waals surface area contributed by atoms with E-state index in [1.54, 1.807) is 36.4 Å². The minimum atomic E-state index is -0.732. The van der Waals surface area contributed by atoms with Crippen LogP contribution in [0.3, 0.4) is 0 Å². The largest absolute Gasteiger partial charge is 0.493 e. The van der Waals surface area contributed by atoms with Gasteiger partial charge in [-0.1, -0.05) is 66.2 Å². The number of aryl methyl sites for hydroxylation is 3. The first-order chi connectivity index (χ1) is 20.2. The van der Waals surface area contributed by atoms with Crippen LogP contribution in [-0.4, -0.2) is 25.0 Å². The predicted octanol–water partition coefficient (Wildman–Crippen LogP) is 7.55. The van der Waals surface area contributed by atoms with Crippen LogP contribution in [0.25, 0.3) is 6.08 Å². The molecule has 5 rings (SSSR count). The van der Waals surface area contributed by atoms with Crippen molar-refractivity contribution in [2.45, 2.75) is 27.4 Å². The van der Waals surface area contributed by atoms with Crippen molar-refractivity contribution in [3.63, 3.8) is 0 Å². The molecular weight excluding hydrogens is 596 g/mol. The van der Waals surface area contributed by atoms with Gasteiger partial charge in [-0.05, 0) is 89.3 Å². The number of para-hydroxylation sites is 2. The monoisotopic (exact) mass is 624 g/mol. The molecule has 42 heavy (non-hydrogen) atoms. The Morgan fingerprint density at radius 3 is 1.83 bits per heavy atom. The summed E-state index contributed by atoms with van der Waals surface area (Å²) in [4.78, 5) is 43.7. The molecule has 1 fully saturated rings. The second-order valence-electron chi connectivity index (χ2n) is 10.0. The molecule has 1 saturated heterocycles. The fraction of sp³-hybridized carbons (Fsp3) is 0.147. The lowest BCUT2D eigenvalue weighted by Crippen LogP contribution is -2.57. The summed E-state index contributed by atoms with van der Waals surface area (Å²) in [7, 11) is 1.52. The SMILES string of the molecule is COc1cc(C=C2C(=O)N(c3ccccc3C)C(=O)N(c3ccccc3C)C2=O)cc(Br)c1OCc1ccc(C)cc1. The van der Waals surface area contributed by atoms with Gasteiger partial charge in [0.05, 0.1) is 23.0 Å². The van der Waals surface area contributed by atoms with Crippen LogP contribution in [0.15, 0.2) is 95.0 Å². The van der Waals surface area contributed by atoms with Gasteiger partial charge in [0.25, 0.3) is 11.8 Å². The van der Waals surface area contributed by atoms with Crippen molar-refractivity contribution in [2.24, 2.45) is 0 Å². The summed E-state index contributed by atoms with van der Waals surface area (Å²) in [5, 5.41) is 0. The molecule has 0 saturated carbocycles. The number of barbiturate groups is 1. The van der Waals surface area contributed by atoms with Gasteiger partial charge in [-0.15, -0.1) is 0 Å². The number of hydrogen-bond acceptors (Lipinski definition) is 5. The molecule has 212 valence electrons. The number of amides is 4. The number of ether oxygens (including phenoxy) is 2. The molecule has 1 aliphatic rings. The van der Waals surface area contributed by atoms with Gasteiger partial charge >= 0.3 is 6.03 Å². The van der Waals surface area contributed by atoms with Gasteiger partial charge in [0.2, 0.25) is 0 Å².